The molecule has 0 radical (unpaired) electrons. The van der Waals surface area contributed by atoms with Gasteiger partial charge in [-0.25, -0.2) is 4.98 Å². The summed E-state index contributed by atoms with van der Waals surface area (Å²) in [5.74, 6) is 3.38. The zero-order valence-electron chi connectivity index (χ0n) is 11.0. The van der Waals surface area contributed by atoms with Gasteiger partial charge in [0.05, 0.1) is 10.4 Å². The van der Waals surface area contributed by atoms with Crippen molar-refractivity contribution in [3.8, 4) is 12.3 Å². The van der Waals surface area contributed by atoms with Crippen LogP contribution in [0.2, 0.25) is 0 Å². The number of nitrogens with zero attached hydrogens (tertiary/aromatic N) is 2. The van der Waals surface area contributed by atoms with Gasteiger partial charge in [-0.3, -0.25) is 10.1 Å². The highest BCUT2D eigenvalue weighted by Gasteiger charge is 2.06. The number of non-ortho nitro benzene ring substituents is 1. The molecule has 0 bridgehead atoms. The van der Waals surface area contributed by atoms with Crippen molar-refractivity contribution in [1.82, 2.24) is 4.98 Å². The molecule has 0 fully saturated rings. The number of nitro benzene ring substituents is 1. The molecule has 0 saturated carbocycles. The first-order valence-corrected chi connectivity index (χ1v) is 6.43. The number of pyridine rings is 1. The number of aromatic nitrogens is 1. The number of nitrogens with one attached hydrogen (secondary N) is 1. The Kier molecular flexibility index (Phi) is 4.51. The van der Waals surface area contributed by atoms with E-state index in [1.165, 1.54) is 12.1 Å². The Hall–Kier alpha value is -2.61. The molecular formula is C15H15N3O2. The van der Waals surface area contributed by atoms with Crippen LogP contribution in [0.15, 0.2) is 30.3 Å². The number of terminal acetylenes is 1. The molecule has 5 nitrogen and oxygen atoms in total. The summed E-state index contributed by atoms with van der Waals surface area (Å²) in [7, 11) is 0. The minimum atomic E-state index is -0.406. The minimum absolute atomic E-state index is 0.0780. The van der Waals surface area contributed by atoms with E-state index >= 15 is 0 Å². The number of fused-ring (bicyclic) bond motifs is 1. The molecule has 2 aromatic rings. The number of nitro groups is 1. The normalized spacial score (nSPS) is 10.2. The fourth-order valence-electron chi connectivity index (χ4n) is 1.89. The molecule has 0 aliphatic rings. The lowest BCUT2D eigenvalue weighted by atomic mass is 10.2. The highest BCUT2D eigenvalue weighted by Crippen LogP contribution is 2.21. The van der Waals surface area contributed by atoms with Gasteiger partial charge in [0.25, 0.3) is 5.69 Å². The third-order valence-electron chi connectivity index (χ3n) is 2.94. The Balaban J connectivity index is 2.04. The predicted octanol–water partition coefficient (Wildman–Crippen LogP) is 3.36. The van der Waals surface area contributed by atoms with Crippen LogP contribution in [-0.4, -0.2) is 16.5 Å². The van der Waals surface area contributed by atoms with Gasteiger partial charge < -0.3 is 5.32 Å². The molecule has 102 valence electrons. The molecule has 0 saturated heterocycles. The topological polar surface area (TPSA) is 68.1 Å². The van der Waals surface area contributed by atoms with Crippen molar-refractivity contribution in [2.75, 3.05) is 11.9 Å². The summed E-state index contributed by atoms with van der Waals surface area (Å²) in [5, 5.41) is 14.7. The van der Waals surface area contributed by atoms with E-state index in [1.54, 1.807) is 6.07 Å². The first-order chi connectivity index (χ1) is 9.70. The highest BCUT2D eigenvalue weighted by molar-refractivity contribution is 5.82. The van der Waals surface area contributed by atoms with Crippen LogP contribution in [0.4, 0.5) is 11.5 Å². The second kappa shape index (κ2) is 6.53. The van der Waals surface area contributed by atoms with Crippen LogP contribution in [0.1, 0.15) is 19.3 Å². The van der Waals surface area contributed by atoms with Gasteiger partial charge in [0.2, 0.25) is 0 Å². The van der Waals surface area contributed by atoms with E-state index < -0.39 is 4.92 Å². The van der Waals surface area contributed by atoms with Crippen molar-refractivity contribution in [2.24, 2.45) is 0 Å². The van der Waals surface area contributed by atoms with Crippen molar-refractivity contribution in [3.05, 3.63) is 40.4 Å². The van der Waals surface area contributed by atoms with Gasteiger partial charge in [0.1, 0.15) is 5.82 Å². The van der Waals surface area contributed by atoms with E-state index in [-0.39, 0.29) is 5.69 Å². The molecule has 5 heteroatoms. The Labute approximate surface area is 117 Å². The molecular weight excluding hydrogens is 254 g/mol. The summed E-state index contributed by atoms with van der Waals surface area (Å²) < 4.78 is 0. The van der Waals surface area contributed by atoms with Crippen LogP contribution in [-0.2, 0) is 0 Å². The van der Waals surface area contributed by atoms with Gasteiger partial charge in [-0.1, -0.05) is 0 Å². The van der Waals surface area contributed by atoms with E-state index in [0.717, 1.165) is 42.5 Å². The quantitative estimate of drug-likeness (QED) is 0.378. The average Bonchev–Trinajstić information content (AvgIpc) is 2.46. The molecule has 2 rings (SSSR count). The van der Waals surface area contributed by atoms with E-state index in [9.17, 15) is 10.1 Å². The van der Waals surface area contributed by atoms with Crippen molar-refractivity contribution in [1.29, 1.82) is 0 Å². The van der Waals surface area contributed by atoms with E-state index in [4.69, 9.17) is 6.42 Å². The van der Waals surface area contributed by atoms with Gasteiger partial charge >= 0.3 is 0 Å². The van der Waals surface area contributed by atoms with Gasteiger partial charge in [0.15, 0.2) is 0 Å². The van der Waals surface area contributed by atoms with Crippen molar-refractivity contribution >= 4 is 22.4 Å². The lowest BCUT2D eigenvalue weighted by Gasteiger charge is -2.06. The maximum Gasteiger partial charge on any atom is 0.270 e. The summed E-state index contributed by atoms with van der Waals surface area (Å²) >= 11 is 0. The summed E-state index contributed by atoms with van der Waals surface area (Å²) in [4.78, 5) is 14.7. The zero-order valence-corrected chi connectivity index (χ0v) is 11.0. The maximum absolute atomic E-state index is 10.7. The smallest absolute Gasteiger partial charge is 0.270 e. The summed E-state index contributed by atoms with van der Waals surface area (Å²) in [6.45, 7) is 0.813. The van der Waals surface area contributed by atoms with Crippen LogP contribution in [0.3, 0.4) is 0 Å². The molecule has 20 heavy (non-hydrogen) atoms. The van der Waals surface area contributed by atoms with Gasteiger partial charge in [-0.15, -0.1) is 12.3 Å². The van der Waals surface area contributed by atoms with Crippen molar-refractivity contribution in [2.45, 2.75) is 19.3 Å². The molecule has 0 spiro atoms. The lowest BCUT2D eigenvalue weighted by Crippen LogP contribution is -2.03. The van der Waals surface area contributed by atoms with E-state index in [0.29, 0.717) is 0 Å². The summed E-state index contributed by atoms with van der Waals surface area (Å²) in [6, 6.07) is 8.31. The Morgan fingerprint density at radius 1 is 1.30 bits per heavy atom. The number of anilines is 1. The number of rotatable bonds is 6. The number of benzene rings is 1. The summed E-state index contributed by atoms with van der Waals surface area (Å²) in [5.41, 5.74) is 0.818. The molecule has 1 aromatic carbocycles. The van der Waals surface area contributed by atoms with Crippen LogP contribution in [0.25, 0.3) is 10.9 Å². The molecule has 0 atom stereocenters. The monoisotopic (exact) mass is 269 g/mol. The highest BCUT2D eigenvalue weighted by atomic mass is 16.6. The Morgan fingerprint density at radius 2 is 2.15 bits per heavy atom. The van der Waals surface area contributed by atoms with Crippen LogP contribution >= 0.6 is 0 Å². The number of unbranched alkanes of at least 4 members (excludes halogenated alkanes) is 2. The number of hydrogen-bond acceptors (Lipinski definition) is 4. The Morgan fingerprint density at radius 3 is 2.90 bits per heavy atom. The first-order valence-electron chi connectivity index (χ1n) is 6.43. The molecule has 1 heterocycles. The fraction of sp³-hybridized carbons (Fsp3) is 0.267. The van der Waals surface area contributed by atoms with Crippen LogP contribution in [0.5, 0.6) is 0 Å². The fourth-order valence-corrected chi connectivity index (χ4v) is 1.89. The van der Waals surface area contributed by atoms with E-state index in [2.05, 4.69) is 16.2 Å². The lowest BCUT2D eigenvalue weighted by molar-refractivity contribution is -0.384. The largest absolute Gasteiger partial charge is 0.370 e. The third-order valence-corrected chi connectivity index (χ3v) is 2.94. The van der Waals surface area contributed by atoms with E-state index in [1.807, 2.05) is 12.1 Å². The molecule has 0 aliphatic heterocycles. The first kappa shape index (κ1) is 13.8. The second-order valence-corrected chi connectivity index (χ2v) is 4.42. The molecule has 1 aromatic heterocycles. The molecule has 0 amide bonds. The third kappa shape index (κ3) is 3.45. The van der Waals surface area contributed by atoms with Crippen LogP contribution in [0, 0.1) is 22.5 Å². The standard InChI is InChI=1S/C15H15N3O2/c1-2-3-4-5-10-16-15-9-6-12-11-13(18(19)20)7-8-14(12)17-15/h1,6-9,11H,3-5,10H2,(H,16,17). The summed E-state index contributed by atoms with van der Waals surface area (Å²) in [6.07, 6.45) is 7.95. The minimum Gasteiger partial charge on any atom is -0.370 e. The Bertz CT molecular complexity index is 662. The molecule has 0 unspecified atom stereocenters. The van der Waals surface area contributed by atoms with Crippen molar-refractivity contribution < 1.29 is 4.92 Å². The zero-order chi connectivity index (χ0) is 14.4. The average molecular weight is 269 g/mol. The van der Waals surface area contributed by atoms with Crippen LogP contribution < -0.4 is 5.32 Å². The van der Waals surface area contributed by atoms with Gasteiger partial charge in [-0.05, 0) is 31.0 Å². The van der Waals surface area contributed by atoms with Gasteiger partial charge in [0, 0.05) is 30.5 Å². The maximum atomic E-state index is 10.7. The van der Waals surface area contributed by atoms with Crippen molar-refractivity contribution in [3.63, 3.8) is 0 Å². The SMILES string of the molecule is C#CCCCCNc1ccc2cc([N+](=O)[O-])ccc2n1. The molecule has 1 N–H and O–H groups in total. The molecule has 0 aliphatic carbocycles. The number of hydrogen-bond donors (Lipinski definition) is 1. The predicted molar refractivity (Wildman–Crippen MR) is 79.6 cm³/mol. The van der Waals surface area contributed by atoms with Gasteiger partial charge in [-0.2, -0.15) is 0 Å². The second-order valence-electron chi connectivity index (χ2n) is 4.42.